The lowest BCUT2D eigenvalue weighted by Gasteiger charge is -2.39. The first-order chi connectivity index (χ1) is 6.10. The molecule has 76 valence electrons. The minimum Gasteiger partial charge on any atom is -0.379 e. The van der Waals surface area contributed by atoms with Gasteiger partial charge in [-0.15, -0.1) is 0 Å². The number of hydrogen-bond donors (Lipinski definition) is 1. The van der Waals surface area contributed by atoms with E-state index in [1.807, 2.05) is 6.92 Å². The van der Waals surface area contributed by atoms with Crippen LogP contribution < -0.4 is 5.32 Å². The quantitative estimate of drug-likeness (QED) is 0.714. The summed E-state index contributed by atoms with van der Waals surface area (Å²) in [5, 5.41) is 2.96. The maximum atomic E-state index is 11.7. The zero-order chi connectivity index (χ0) is 9.90. The topological polar surface area (TPSA) is 38.3 Å². The Morgan fingerprint density at radius 2 is 2.15 bits per heavy atom. The molecule has 1 fully saturated rings. The van der Waals surface area contributed by atoms with Gasteiger partial charge in [0, 0.05) is 6.54 Å². The molecule has 0 aliphatic carbocycles. The number of carbonyl (C=O) groups is 1. The van der Waals surface area contributed by atoms with Crippen molar-refractivity contribution in [2.24, 2.45) is 11.3 Å². The lowest BCUT2D eigenvalue weighted by atomic mass is 9.82. The van der Waals surface area contributed by atoms with E-state index in [0.29, 0.717) is 19.1 Å². The minimum atomic E-state index is -0.213. The maximum Gasteiger partial charge on any atom is 0.230 e. The van der Waals surface area contributed by atoms with E-state index in [9.17, 15) is 4.79 Å². The first-order valence-electron chi connectivity index (χ1n) is 4.97. The third-order valence-electron chi connectivity index (χ3n) is 2.59. The van der Waals surface area contributed by atoms with Crippen LogP contribution in [0.25, 0.3) is 0 Å². The van der Waals surface area contributed by atoms with Crippen molar-refractivity contribution in [1.29, 1.82) is 0 Å². The molecule has 1 saturated heterocycles. The van der Waals surface area contributed by atoms with E-state index in [4.69, 9.17) is 4.74 Å². The molecule has 3 heteroatoms. The van der Waals surface area contributed by atoms with E-state index in [1.165, 1.54) is 0 Å². The Balaban J connectivity index is 2.37. The van der Waals surface area contributed by atoms with Crippen LogP contribution in [-0.4, -0.2) is 25.7 Å². The van der Waals surface area contributed by atoms with Gasteiger partial charge in [-0.05, 0) is 12.3 Å². The summed E-state index contributed by atoms with van der Waals surface area (Å²) in [6.45, 7) is 8.17. The highest BCUT2D eigenvalue weighted by atomic mass is 16.5. The minimum absolute atomic E-state index is 0.162. The van der Waals surface area contributed by atoms with Crippen LogP contribution in [-0.2, 0) is 9.53 Å². The summed E-state index contributed by atoms with van der Waals surface area (Å²) in [7, 11) is 0. The molecule has 3 nitrogen and oxygen atoms in total. The summed E-state index contributed by atoms with van der Waals surface area (Å²) in [6, 6.07) is 0. The Morgan fingerprint density at radius 3 is 2.46 bits per heavy atom. The fourth-order valence-corrected chi connectivity index (χ4v) is 1.33. The largest absolute Gasteiger partial charge is 0.379 e. The molecule has 0 bridgehead atoms. The van der Waals surface area contributed by atoms with Gasteiger partial charge in [-0.25, -0.2) is 0 Å². The normalized spacial score (nSPS) is 19.7. The highest BCUT2D eigenvalue weighted by Crippen LogP contribution is 2.31. The van der Waals surface area contributed by atoms with Crippen molar-refractivity contribution in [3.63, 3.8) is 0 Å². The maximum absolute atomic E-state index is 11.7. The first-order valence-corrected chi connectivity index (χ1v) is 4.97. The summed E-state index contributed by atoms with van der Waals surface area (Å²) in [4.78, 5) is 11.7. The van der Waals surface area contributed by atoms with Crippen LogP contribution >= 0.6 is 0 Å². The van der Waals surface area contributed by atoms with Gasteiger partial charge in [-0.1, -0.05) is 20.8 Å². The zero-order valence-electron chi connectivity index (χ0n) is 8.72. The van der Waals surface area contributed by atoms with Crippen molar-refractivity contribution in [2.75, 3.05) is 19.8 Å². The van der Waals surface area contributed by atoms with E-state index in [1.54, 1.807) is 0 Å². The molecule has 1 aliphatic heterocycles. The summed E-state index contributed by atoms with van der Waals surface area (Å²) in [5.74, 6) is 0.675. The molecule has 1 heterocycles. The van der Waals surface area contributed by atoms with Crippen LogP contribution in [0.5, 0.6) is 0 Å². The standard InChI is InChI=1S/C10H19NO2/c1-4-10(6-13-7-10)9(12)11-5-8(2)3/h8H,4-7H2,1-3H3,(H,11,12). The van der Waals surface area contributed by atoms with E-state index < -0.39 is 0 Å². The molecule has 1 amide bonds. The Hall–Kier alpha value is -0.570. The molecular formula is C10H19NO2. The van der Waals surface area contributed by atoms with Crippen molar-refractivity contribution in [3.05, 3.63) is 0 Å². The lowest BCUT2D eigenvalue weighted by Crippen LogP contribution is -2.54. The summed E-state index contributed by atoms with van der Waals surface area (Å²) in [6.07, 6.45) is 0.872. The second-order valence-corrected chi connectivity index (χ2v) is 4.23. The van der Waals surface area contributed by atoms with Crippen molar-refractivity contribution < 1.29 is 9.53 Å². The molecule has 0 radical (unpaired) electrons. The Labute approximate surface area is 79.8 Å². The highest BCUT2D eigenvalue weighted by Gasteiger charge is 2.43. The van der Waals surface area contributed by atoms with Crippen LogP contribution in [0.15, 0.2) is 0 Å². The van der Waals surface area contributed by atoms with Crippen molar-refractivity contribution in [3.8, 4) is 0 Å². The third-order valence-corrected chi connectivity index (χ3v) is 2.59. The van der Waals surface area contributed by atoms with E-state index in [0.717, 1.165) is 13.0 Å². The second kappa shape index (κ2) is 4.09. The second-order valence-electron chi connectivity index (χ2n) is 4.23. The number of amides is 1. The molecule has 0 aromatic rings. The van der Waals surface area contributed by atoms with Crippen LogP contribution in [0.3, 0.4) is 0 Å². The van der Waals surface area contributed by atoms with Gasteiger partial charge in [0.2, 0.25) is 5.91 Å². The Bertz CT molecular complexity index is 180. The molecule has 1 aliphatic rings. The Morgan fingerprint density at radius 1 is 1.54 bits per heavy atom. The van der Waals surface area contributed by atoms with Crippen LogP contribution in [0.4, 0.5) is 0 Å². The van der Waals surface area contributed by atoms with Crippen molar-refractivity contribution in [2.45, 2.75) is 27.2 Å². The summed E-state index contributed by atoms with van der Waals surface area (Å²) in [5.41, 5.74) is -0.213. The summed E-state index contributed by atoms with van der Waals surface area (Å²) >= 11 is 0. The fraction of sp³-hybridized carbons (Fsp3) is 0.900. The molecule has 0 atom stereocenters. The van der Waals surface area contributed by atoms with Gasteiger partial charge in [0.1, 0.15) is 0 Å². The van der Waals surface area contributed by atoms with Crippen LogP contribution in [0.2, 0.25) is 0 Å². The predicted molar refractivity (Wildman–Crippen MR) is 51.4 cm³/mol. The molecule has 13 heavy (non-hydrogen) atoms. The van der Waals surface area contributed by atoms with Gasteiger partial charge in [-0.2, -0.15) is 0 Å². The smallest absolute Gasteiger partial charge is 0.230 e. The molecule has 1 N–H and O–H groups in total. The van der Waals surface area contributed by atoms with E-state index >= 15 is 0 Å². The first kappa shape index (κ1) is 10.5. The Kier molecular flexibility index (Phi) is 3.31. The van der Waals surface area contributed by atoms with Gasteiger partial charge >= 0.3 is 0 Å². The van der Waals surface area contributed by atoms with Gasteiger partial charge < -0.3 is 10.1 Å². The number of rotatable bonds is 4. The average Bonchev–Trinajstić information content (AvgIpc) is 2.00. The van der Waals surface area contributed by atoms with E-state index in [-0.39, 0.29) is 11.3 Å². The number of nitrogens with one attached hydrogen (secondary N) is 1. The van der Waals surface area contributed by atoms with Crippen molar-refractivity contribution in [1.82, 2.24) is 5.32 Å². The zero-order valence-corrected chi connectivity index (χ0v) is 8.72. The number of hydrogen-bond acceptors (Lipinski definition) is 2. The number of ether oxygens (including phenoxy) is 1. The predicted octanol–water partition coefficient (Wildman–Crippen LogP) is 1.19. The third kappa shape index (κ3) is 2.21. The van der Waals surface area contributed by atoms with Gasteiger partial charge in [0.05, 0.1) is 18.6 Å². The molecule has 1 rings (SSSR count). The summed E-state index contributed by atoms with van der Waals surface area (Å²) < 4.78 is 5.10. The molecule has 0 spiro atoms. The average molecular weight is 185 g/mol. The number of carbonyl (C=O) groups excluding carboxylic acids is 1. The van der Waals surface area contributed by atoms with Crippen LogP contribution in [0.1, 0.15) is 27.2 Å². The molecule has 0 aromatic carbocycles. The monoisotopic (exact) mass is 185 g/mol. The van der Waals surface area contributed by atoms with Gasteiger partial charge in [-0.3, -0.25) is 4.79 Å². The molecule has 0 unspecified atom stereocenters. The molecule has 0 saturated carbocycles. The lowest BCUT2D eigenvalue weighted by molar-refractivity contribution is -0.162. The van der Waals surface area contributed by atoms with E-state index in [2.05, 4.69) is 19.2 Å². The van der Waals surface area contributed by atoms with Gasteiger partial charge in [0.15, 0.2) is 0 Å². The van der Waals surface area contributed by atoms with Crippen LogP contribution in [0, 0.1) is 11.3 Å². The molecular weight excluding hydrogens is 166 g/mol. The molecule has 0 aromatic heterocycles. The SMILES string of the molecule is CCC1(C(=O)NCC(C)C)COC1. The van der Waals surface area contributed by atoms with Crippen molar-refractivity contribution >= 4 is 5.91 Å². The highest BCUT2D eigenvalue weighted by molar-refractivity contribution is 5.83. The fourth-order valence-electron chi connectivity index (χ4n) is 1.33. The van der Waals surface area contributed by atoms with Gasteiger partial charge in [0.25, 0.3) is 0 Å².